The molecule has 152 valence electrons. The number of benzene rings is 1. The van der Waals surface area contributed by atoms with Gasteiger partial charge in [-0.3, -0.25) is 4.79 Å². The molecule has 2 rings (SSSR count). The van der Waals surface area contributed by atoms with Crippen LogP contribution in [-0.2, 0) is 14.3 Å². The van der Waals surface area contributed by atoms with Crippen LogP contribution < -0.4 is 9.47 Å². The number of nitriles is 1. The van der Waals surface area contributed by atoms with Crippen molar-refractivity contribution in [3.63, 3.8) is 0 Å². The van der Waals surface area contributed by atoms with Gasteiger partial charge in [0.15, 0.2) is 18.1 Å². The second-order valence-corrected chi connectivity index (χ2v) is 6.61. The molecule has 0 atom stereocenters. The second kappa shape index (κ2) is 10.3. The standard InChI is InChI=1S/C20H20N2O6S/c1-4-16(23)22-19-17(20(25)27-5-2)18(24)15(29-19)11-12-6-7-13(28-9-8-21)14(10-12)26-3/h6-7,10-11,24H,4-5,9H2,1-3H3/b15-11-,22-19?. The zero-order chi connectivity index (χ0) is 21.4. The lowest BCUT2D eigenvalue weighted by atomic mass is 10.1. The number of thioether (sulfide) groups is 1. The van der Waals surface area contributed by atoms with Gasteiger partial charge in [0, 0.05) is 6.42 Å². The maximum Gasteiger partial charge on any atom is 0.344 e. The Kier molecular flexibility index (Phi) is 7.86. The fourth-order valence-corrected chi connectivity index (χ4v) is 3.37. The molecule has 1 aromatic rings. The van der Waals surface area contributed by atoms with Crippen molar-refractivity contribution in [1.82, 2.24) is 0 Å². The van der Waals surface area contributed by atoms with Crippen LogP contribution in [0.2, 0.25) is 0 Å². The number of aliphatic hydroxyl groups is 1. The first-order valence-electron chi connectivity index (χ1n) is 8.75. The molecule has 0 bridgehead atoms. The second-order valence-electron chi connectivity index (χ2n) is 5.58. The van der Waals surface area contributed by atoms with Gasteiger partial charge in [0.25, 0.3) is 0 Å². The first-order chi connectivity index (χ1) is 13.9. The highest BCUT2D eigenvalue weighted by molar-refractivity contribution is 8.18. The highest BCUT2D eigenvalue weighted by Gasteiger charge is 2.33. The largest absolute Gasteiger partial charge is 0.506 e. The SMILES string of the molecule is CCOC(=O)C1=C(O)/C(=C/c2ccc(OCC#N)c(OC)c2)SC1=NC(=O)CC. The molecular weight excluding hydrogens is 396 g/mol. The van der Waals surface area contributed by atoms with E-state index in [1.54, 1.807) is 38.1 Å². The van der Waals surface area contributed by atoms with Crippen molar-refractivity contribution in [2.45, 2.75) is 20.3 Å². The Hall–Kier alpha value is -3.25. The number of ether oxygens (including phenoxy) is 3. The Labute approximate surface area is 172 Å². The predicted molar refractivity (Wildman–Crippen MR) is 109 cm³/mol. The van der Waals surface area contributed by atoms with Crippen LogP contribution in [0.4, 0.5) is 0 Å². The average Bonchev–Trinajstić information content (AvgIpc) is 3.01. The average molecular weight is 416 g/mol. The summed E-state index contributed by atoms with van der Waals surface area (Å²) in [6.45, 7) is 3.29. The van der Waals surface area contributed by atoms with E-state index in [1.807, 2.05) is 6.07 Å². The third-order valence-corrected chi connectivity index (χ3v) is 4.70. The third-order valence-electron chi connectivity index (χ3n) is 3.68. The summed E-state index contributed by atoms with van der Waals surface area (Å²) < 4.78 is 15.5. The minimum Gasteiger partial charge on any atom is -0.506 e. The molecule has 0 aromatic heterocycles. The van der Waals surface area contributed by atoms with E-state index in [-0.39, 0.29) is 36.0 Å². The highest BCUT2D eigenvalue weighted by atomic mass is 32.2. The molecular formula is C20H20N2O6S. The molecule has 29 heavy (non-hydrogen) atoms. The van der Waals surface area contributed by atoms with Gasteiger partial charge in [-0.1, -0.05) is 24.8 Å². The number of methoxy groups -OCH3 is 1. The molecule has 9 heteroatoms. The number of carbonyl (C=O) groups is 2. The van der Waals surface area contributed by atoms with Crippen LogP contribution in [-0.4, -0.2) is 42.4 Å². The Balaban J connectivity index is 2.44. The van der Waals surface area contributed by atoms with E-state index in [9.17, 15) is 14.7 Å². The summed E-state index contributed by atoms with van der Waals surface area (Å²) in [6, 6.07) is 6.87. The van der Waals surface area contributed by atoms with Gasteiger partial charge in [0.2, 0.25) is 5.91 Å². The molecule has 1 aromatic carbocycles. The molecule has 0 saturated carbocycles. The quantitative estimate of drug-likeness (QED) is 0.672. The minimum absolute atomic E-state index is 0.0972. The Bertz CT molecular complexity index is 943. The number of hydrogen-bond donors (Lipinski definition) is 1. The molecule has 0 unspecified atom stereocenters. The van der Waals surface area contributed by atoms with Gasteiger partial charge in [-0.05, 0) is 30.7 Å². The summed E-state index contributed by atoms with van der Waals surface area (Å²) in [6.07, 6.45) is 1.79. The van der Waals surface area contributed by atoms with Crippen molar-refractivity contribution in [2.24, 2.45) is 4.99 Å². The fourth-order valence-electron chi connectivity index (χ4n) is 2.34. The van der Waals surface area contributed by atoms with Crippen molar-refractivity contribution in [3.05, 3.63) is 40.0 Å². The van der Waals surface area contributed by atoms with Gasteiger partial charge >= 0.3 is 5.97 Å². The number of aliphatic hydroxyl groups excluding tert-OH is 1. The molecule has 0 fully saturated rings. The fraction of sp³-hybridized carbons (Fsp3) is 0.300. The molecule has 1 aliphatic heterocycles. The summed E-state index contributed by atoms with van der Waals surface area (Å²) in [5.41, 5.74) is 0.511. The van der Waals surface area contributed by atoms with E-state index in [1.165, 1.54) is 7.11 Å². The van der Waals surface area contributed by atoms with Gasteiger partial charge in [-0.25, -0.2) is 9.79 Å². The molecule has 1 heterocycles. The van der Waals surface area contributed by atoms with E-state index in [4.69, 9.17) is 19.5 Å². The van der Waals surface area contributed by atoms with E-state index < -0.39 is 11.9 Å². The number of aliphatic imine (C=N–C) groups is 1. The number of nitrogens with zero attached hydrogens (tertiary/aromatic N) is 2. The molecule has 1 N–H and O–H groups in total. The third kappa shape index (κ3) is 5.39. The van der Waals surface area contributed by atoms with E-state index >= 15 is 0 Å². The first kappa shape index (κ1) is 22.0. The highest BCUT2D eigenvalue weighted by Crippen LogP contribution is 2.40. The van der Waals surface area contributed by atoms with Gasteiger partial charge in [-0.2, -0.15) is 5.26 Å². The lowest BCUT2D eigenvalue weighted by molar-refractivity contribution is -0.138. The molecule has 1 amide bonds. The summed E-state index contributed by atoms with van der Waals surface area (Å²) in [4.78, 5) is 28.2. The van der Waals surface area contributed by atoms with Crippen molar-refractivity contribution < 1.29 is 28.9 Å². The number of carbonyl (C=O) groups excluding carboxylic acids is 2. The predicted octanol–water partition coefficient (Wildman–Crippen LogP) is 3.40. The maximum atomic E-state index is 12.2. The summed E-state index contributed by atoms with van der Waals surface area (Å²) in [7, 11) is 1.47. The Morgan fingerprint density at radius 3 is 2.69 bits per heavy atom. The van der Waals surface area contributed by atoms with Crippen LogP contribution in [0, 0.1) is 11.3 Å². The molecule has 0 saturated heterocycles. The molecule has 8 nitrogen and oxygen atoms in total. The van der Waals surface area contributed by atoms with Crippen molar-refractivity contribution >= 4 is 34.8 Å². The lowest BCUT2D eigenvalue weighted by Crippen LogP contribution is -2.14. The van der Waals surface area contributed by atoms with Crippen LogP contribution in [0.3, 0.4) is 0 Å². The van der Waals surface area contributed by atoms with E-state index in [2.05, 4.69) is 4.99 Å². The summed E-state index contributed by atoms with van der Waals surface area (Å²) in [5, 5.41) is 19.3. The summed E-state index contributed by atoms with van der Waals surface area (Å²) in [5.74, 6) is -0.662. The monoisotopic (exact) mass is 416 g/mol. The normalized spacial score (nSPS) is 16.1. The van der Waals surface area contributed by atoms with Gasteiger partial charge < -0.3 is 19.3 Å². The van der Waals surface area contributed by atoms with Crippen molar-refractivity contribution in [2.75, 3.05) is 20.3 Å². The Morgan fingerprint density at radius 1 is 1.31 bits per heavy atom. The van der Waals surface area contributed by atoms with Crippen molar-refractivity contribution in [1.29, 1.82) is 5.26 Å². The summed E-state index contributed by atoms with van der Waals surface area (Å²) >= 11 is 1.00. The smallest absolute Gasteiger partial charge is 0.344 e. The minimum atomic E-state index is -0.749. The van der Waals surface area contributed by atoms with Crippen molar-refractivity contribution in [3.8, 4) is 17.6 Å². The van der Waals surface area contributed by atoms with Gasteiger partial charge in [0.1, 0.15) is 22.4 Å². The van der Waals surface area contributed by atoms with Crippen LogP contribution >= 0.6 is 11.8 Å². The maximum absolute atomic E-state index is 12.2. The number of rotatable bonds is 7. The first-order valence-corrected chi connectivity index (χ1v) is 9.56. The van der Waals surface area contributed by atoms with Crippen LogP contribution in [0.15, 0.2) is 39.4 Å². The Morgan fingerprint density at radius 2 is 2.07 bits per heavy atom. The topological polar surface area (TPSA) is 118 Å². The van der Waals surface area contributed by atoms with E-state index in [0.29, 0.717) is 22.0 Å². The molecule has 0 radical (unpaired) electrons. The van der Waals surface area contributed by atoms with Crippen LogP contribution in [0.5, 0.6) is 11.5 Å². The number of amides is 1. The molecule has 1 aliphatic rings. The molecule has 0 aliphatic carbocycles. The van der Waals surface area contributed by atoms with Crippen LogP contribution in [0.1, 0.15) is 25.8 Å². The van der Waals surface area contributed by atoms with Gasteiger partial charge in [-0.15, -0.1) is 0 Å². The lowest BCUT2D eigenvalue weighted by Gasteiger charge is -2.09. The zero-order valence-electron chi connectivity index (χ0n) is 16.2. The number of hydrogen-bond acceptors (Lipinski definition) is 8. The van der Waals surface area contributed by atoms with Gasteiger partial charge in [0.05, 0.1) is 18.6 Å². The zero-order valence-corrected chi connectivity index (χ0v) is 17.0. The van der Waals surface area contributed by atoms with E-state index in [0.717, 1.165) is 11.8 Å². The number of esters is 1. The van der Waals surface area contributed by atoms with Crippen LogP contribution in [0.25, 0.3) is 6.08 Å². The molecule has 0 spiro atoms.